The minimum absolute atomic E-state index is 0.0880. The van der Waals surface area contributed by atoms with E-state index in [2.05, 4.69) is 6.92 Å². The molecule has 1 aromatic rings. The molecule has 2 unspecified atom stereocenters. The molecule has 0 aromatic heterocycles. The Balaban J connectivity index is 1.68. The first-order valence-electron chi connectivity index (χ1n) is 7.36. The Kier molecular flexibility index (Phi) is 3.66. The zero-order chi connectivity index (χ0) is 14.1. The highest BCUT2D eigenvalue weighted by molar-refractivity contribution is 5.83. The van der Waals surface area contributed by atoms with Crippen molar-refractivity contribution in [2.24, 2.45) is 5.92 Å². The van der Waals surface area contributed by atoms with Gasteiger partial charge in [0.15, 0.2) is 6.10 Å². The number of fused-ring (bicyclic) bond motifs is 1. The summed E-state index contributed by atoms with van der Waals surface area (Å²) < 4.78 is 5.85. The minimum Gasteiger partial charge on any atom is -0.480 e. The molecule has 108 valence electrons. The van der Waals surface area contributed by atoms with E-state index in [4.69, 9.17) is 9.84 Å². The maximum atomic E-state index is 12.6. The normalized spacial score (nSPS) is 26.2. The molecule has 0 aliphatic carbocycles. The molecule has 2 atom stereocenters. The van der Waals surface area contributed by atoms with Crippen LogP contribution < -0.4 is 4.74 Å². The number of piperidine rings is 1. The van der Waals surface area contributed by atoms with E-state index >= 15 is 0 Å². The van der Waals surface area contributed by atoms with Crippen LogP contribution in [-0.2, 0) is 4.79 Å². The number of rotatable bonds is 2. The summed E-state index contributed by atoms with van der Waals surface area (Å²) in [5.74, 6) is 1.38. The number of nitrogens with zero attached hydrogens (tertiary/aromatic N) is 1. The number of hydrogen-bond acceptors (Lipinski definition) is 3. The number of ether oxygens (including phenoxy) is 1. The molecule has 0 saturated carbocycles. The number of benzene rings is 1. The summed E-state index contributed by atoms with van der Waals surface area (Å²) in [5.41, 5.74) is 1.12. The van der Waals surface area contributed by atoms with Crippen molar-refractivity contribution in [3.05, 3.63) is 29.8 Å². The molecule has 0 radical (unpaired) electrons. The lowest BCUT2D eigenvalue weighted by Gasteiger charge is -2.33. The first-order valence-corrected chi connectivity index (χ1v) is 7.36. The molecular formula is C16H21NO3. The summed E-state index contributed by atoms with van der Waals surface area (Å²) in [6.07, 6.45) is 1.38. The molecule has 2 aliphatic rings. The molecule has 1 saturated heterocycles. The van der Waals surface area contributed by atoms with Gasteiger partial charge < -0.3 is 14.7 Å². The van der Waals surface area contributed by atoms with Crippen molar-refractivity contribution in [3.63, 3.8) is 0 Å². The first kappa shape index (κ1) is 13.4. The Morgan fingerprint density at radius 2 is 2.05 bits per heavy atom. The van der Waals surface area contributed by atoms with Gasteiger partial charge in [-0.2, -0.15) is 0 Å². The third-order valence-corrected chi connectivity index (χ3v) is 4.55. The van der Waals surface area contributed by atoms with E-state index in [0.29, 0.717) is 5.92 Å². The van der Waals surface area contributed by atoms with E-state index in [9.17, 15) is 4.79 Å². The Morgan fingerprint density at radius 3 is 2.70 bits per heavy atom. The molecule has 4 nitrogen and oxygen atoms in total. The lowest BCUT2D eigenvalue weighted by molar-refractivity contribution is -0.140. The second-order valence-electron chi connectivity index (χ2n) is 5.82. The summed E-state index contributed by atoms with van der Waals surface area (Å²) in [4.78, 5) is 14.5. The van der Waals surface area contributed by atoms with Crippen LogP contribution >= 0.6 is 0 Å². The van der Waals surface area contributed by atoms with Crippen LogP contribution in [0.4, 0.5) is 0 Å². The van der Waals surface area contributed by atoms with Gasteiger partial charge in [-0.3, -0.25) is 4.79 Å². The van der Waals surface area contributed by atoms with Crippen molar-refractivity contribution in [1.82, 2.24) is 4.90 Å². The van der Waals surface area contributed by atoms with Gasteiger partial charge in [0.25, 0.3) is 5.91 Å². The molecule has 0 spiro atoms. The van der Waals surface area contributed by atoms with Crippen molar-refractivity contribution >= 4 is 5.91 Å². The van der Waals surface area contributed by atoms with Crippen LogP contribution in [0.15, 0.2) is 24.3 Å². The summed E-state index contributed by atoms with van der Waals surface area (Å²) in [6, 6.07) is 7.88. The summed E-state index contributed by atoms with van der Waals surface area (Å²) >= 11 is 0. The van der Waals surface area contributed by atoms with Gasteiger partial charge in [0.05, 0.1) is 0 Å². The Labute approximate surface area is 119 Å². The van der Waals surface area contributed by atoms with Crippen molar-refractivity contribution in [1.29, 1.82) is 0 Å². The van der Waals surface area contributed by atoms with Gasteiger partial charge in [0.2, 0.25) is 0 Å². The molecule has 1 fully saturated rings. The van der Waals surface area contributed by atoms with Gasteiger partial charge in [0, 0.05) is 31.2 Å². The van der Waals surface area contributed by atoms with Gasteiger partial charge in [-0.15, -0.1) is 0 Å². The highest BCUT2D eigenvalue weighted by Crippen LogP contribution is 2.38. The molecule has 1 amide bonds. The Hall–Kier alpha value is -1.55. The zero-order valence-corrected chi connectivity index (χ0v) is 11.8. The van der Waals surface area contributed by atoms with Crippen molar-refractivity contribution in [2.75, 3.05) is 19.7 Å². The van der Waals surface area contributed by atoms with E-state index < -0.39 is 6.10 Å². The summed E-state index contributed by atoms with van der Waals surface area (Å²) in [5, 5.41) is 9.16. The van der Waals surface area contributed by atoms with E-state index in [0.717, 1.165) is 37.2 Å². The van der Waals surface area contributed by atoms with Crippen molar-refractivity contribution < 1.29 is 14.6 Å². The molecular weight excluding hydrogens is 254 g/mol. The fourth-order valence-corrected chi connectivity index (χ4v) is 3.15. The number of carbonyl (C=O) groups excluding carboxylic acids is 1. The molecule has 2 aliphatic heterocycles. The van der Waals surface area contributed by atoms with Crippen LogP contribution in [0.1, 0.15) is 31.2 Å². The summed E-state index contributed by atoms with van der Waals surface area (Å²) in [7, 11) is 0. The maximum Gasteiger partial charge on any atom is 0.264 e. The maximum absolute atomic E-state index is 12.6. The SMILES string of the molecule is CC1c2ccccc2OC1C(=O)N1CCC(CO)CC1. The van der Waals surface area contributed by atoms with Crippen molar-refractivity contribution in [2.45, 2.75) is 31.8 Å². The molecule has 0 bridgehead atoms. The fraction of sp³-hybridized carbons (Fsp3) is 0.562. The third-order valence-electron chi connectivity index (χ3n) is 4.55. The number of aliphatic hydroxyl groups is 1. The fourth-order valence-electron chi connectivity index (χ4n) is 3.15. The van der Waals surface area contributed by atoms with Crippen LogP contribution in [0.3, 0.4) is 0 Å². The highest BCUT2D eigenvalue weighted by Gasteiger charge is 2.39. The second-order valence-corrected chi connectivity index (χ2v) is 5.82. The van der Waals surface area contributed by atoms with Crippen LogP contribution in [0.25, 0.3) is 0 Å². The highest BCUT2D eigenvalue weighted by atomic mass is 16.5. The lowest BCUT2D eigenvalue weighted by atomic mass is 9.94. The number of para-hydroxylation sites is 1. The smallest absolute Gasteiger partial charge is 0.264 e. The zero-order valence-electron chi connectivity index (χ0n) is 11.8. The Bertz CT molecular complexity index is 494. The minimum atomic E-state index is -0.391. The second kappa shape index (κ2) is 5.44. The van der Waals surface area contributed by atoms with E-state index in [1.54, 1.807) is 0 Å². The average molecular weight is 275 g/mol. The topological polar surface area (TPSA) is 49.8 Å². The number of amides is 1. The number of hydrogen-bond donors (Lipinski definition) is 1. The van der Waals surface area contributed by atoms with E-state index in [-0.39, 0.29) is 18.4 Å². The first-order chi connectivity index (χ1) is 9.70. The van der Waals surface area contributed by atoms with Crippen LogP contribution in [0.2, 0.25) is 0 Å². The predicted octanol–water partition coefficient (Wildman–Crippen LogP) is 1.78. The molecule has 20 heavy (non-hydrogen) atoms. The molecule has 1 N–H and O–H groups in total. The monoisotopic (exact) mass is 275 g/mol. The third kappa shape index (κ3) is 2.29. The Morgan fingerprint density at radius 1 is 1.35 bits per heavy atom. The summed E-state index contributed by atoms with van der Waals surface area (Å²) in [6.45, 7) is 3.73. The van der Waals surface area contributed by atoms with Crippen LogP contribution in [0, 0.1) is 5.92 Å². The van der Waals surface area contributed by atoms with Crippen LogP contribution in [-0.4, -0.2) is 41.7 Å². The average Bonchev–Trinajstić information content (AvgIpc) is 2.84. The van der Waals surface area contributed by atoms with Gasteiger partial charge >= 0.3 is 0 Å². The lowest BCUT2D eigenvalue weighted by Crippen LogP contribution is -2.46. The van der Waals surface area contributed by atoms with E-state index in [1.807, 2.05) is 29.2 Å². The van der Waals surface area contributed by atoms with Gasteiger partial charge in [-0.05, 0) is 24.8 Å². The van der Waals surface area contributed by atoms with E-state index in [1.165, 1.54) is 0 Å². The molecule has 1 aromatic carbocycles. The number of carbonyl (C=O) groups is 1. The van der Waals surface area contributed by atoms with Crippen molar-refractivity contribution in [3.8, 4) is 5.75 Å². The molecule has 3 rings (SSSR count). The van der Waals surface area contributed by atoms with Crippen LogP contribution in [0.5, 0.6) is 5.75 Å². The standard InChI is InChI=1S/C16H21NO3/c1-11-13-4-2-3-5-14(13)20-15(11)16(19)17-8-6-12(10-18)7-9-17/h2-5,11-12,15,18H,6-10H2,1H3. The quantitative estimate of drug-likeness (QED) is 0.895. The molecule has 4 heteroatoms. The van der Waals surface area contributed by atoms with Gasteiger partial charge in [-0.25, -0.2) is 0 Å². The van der Waals surface area contributed by atoms with Gasteiger partial charge in [0.1, 0.15) is 5.75 Å². The predicted molar refractivity (Wildman–Crippen MR) is 75.7 cm³/mol. The number of aliphatic hydroxyl groups excluding tert-OH is 1. The van der Waals surface area contributed by atoms with Gasteiger partial charge in [-0.1, -0.05) is 25.1 Å². The molecule has 2 heterocycles. The number of likely N-dealkylation sites (tertiary alicyclic amines) is 1. The largest absolute Gasteiger partial charge is 0.480 e.